The molecule has 0 aromatic carbocycles. The van der Waals surface area contributed by atoms with Crippen molar-refractivity contribution in [2.24, 2.45) is 11.7 Å². The molecule has 0 amide bonds. The maximum absolute atomic E-state index is 12.8. The Labute approximate surface area is 124 Å². The quantitative estimate of drug-likeness (QED) is 0.480. The summed E-state index contributed by atoms with van der Waals surface area (Å²) in [5.41, 5.74) is 5.07. The molecule has 2 fully saturated rings. The average molecular weight is 319 g/mol. The van der Waals surface area contributed by atoms with Crippen LogP contribution in [0.3, 0.4) is 0 Å². The van der Waals surface area contributed by atoms with Gasteiger partial charge in [-0.1, -0.05) is 11.8 Å². The lowest BCUT2D eigenvalue weighted by Gasteiger charge is -2.18. The van der Waals surface area contributed by atoms with Crippen molar-refractivity contribution < 1.29 is 13.2 Å². The van der Waals surface area contributed by atoms with E-state index >= 15 is 0 Å². The maximum atomic E-state index is 12.8. The molecule has 2 saturated carbocycles. The van der Waals surface area contributed by atoms with E-state index < -0.39 is 17.9 Å². The number of hydrogen-bond donors (Lipinski definition) is 2. The minimum Gasteiger partial charge on any atom is -0.387 e. The zero-order valence-electron chi connectivity index (χ0n) is 11.2. The van der Waals surface area contributed by atoms with E-state index in [0.29, 0.717) is 17.1 Å². The molecule has 3 rings (SSSR count). The largest absolute Gasteiger partial charge is 0.399 e. The van der Waals surface area contributed by atoms with Crippen LogP contribution in [0.15, 0.2) is 5.16 Å². The first-order chi connectivity index (χ1) is 9.88. The van der Waals surface area contributed by atoms with Crippen LogP contribution in [0.2, 0.25) is 0 Å². The van der Waals surface area contributed by atoms with Crippen molar-refractivity contribution in [3.8, 4) is 0 Å². The summed E-state index contributed by atoms with van der Waals surface area (Å²) in [6.07, 6.45) is -0.285. The van der Waals surface area contributed by atoms with Crippen LogP contribution in [0.1, 0.15) is 43.5 Å². The van der Waals surface area contributed by atoms with Crippen LogP contribution < -0.4 is 5.73 Å². The third kappa shape index (κ3) is 3.17. The summed E-state index contributed by atoms with van der Waals surface area (Å²) in [6, 6.07) is 0.333. The first-order valence-electron chi connectivity index (χ1n) is 6.86. The number of thioether (sulfide) groups is 1. The van der Waals surface area contributed by atoms with Gasteiger partial charge in [0.05, 0.1) is 0 Å². The van der Waals surface area contributed by atoms with Gasteiger partial charge < -0.3 is 10.3 Å². The van der Waals surface area contributed by atoms with Gasteiger partial charge in [-0.25, -0.2) is 0 Å². The molecule has 0 saturated heterocycles. The Balaban J connectivity index is 1.74. The molecule has 1 aromatic rings. The molecule has 21 heavy (non-hydrogen) atoms. The molecule has 1 unspecified atom stereocenters. The smallest absolute Gasteiger partial charge is 0.387 e. The van der Waals surface area contributed by atoms with E-state index in [1.807, 2.05) is 4.57 Å². The molecule has 2 aliphatic carbocycles. The zero-order chi connectivity index (χ0) is 15.2. The molecule has 1 heterocycles. The average Bonchev–Trinajstić information content (AvgIpc) is 3.27. The molecule has 0 radical (unpaired) electrons. The molecule has 1 atom stereocenters. The van der Waals surface area contributed by atoms with Gasteiger partial charge in [0.15, 0.2) is 5.16 Å². The number of alkyl halides is 3. The molecular formula is C12H16F3N5S. The van der Waals surface area contributed by atoms with E-state index in [-0.39, 0.29) is 5.75 Å². The Hall–Kier alpha value is -1.25. The summed E-state index contributed by atoms with van der Waals surface area (Å²) < 4.78 is 40.4. The number of hydrogen-bond acceptors (Lipinski definition) is 4. The molecule has 9 heteroatoms. The number of halogens is 3. The number of nitrogens with zero attached hydrogens (tertiary/aromatic N) is 3. The number of aromatic nitrogens is 3. The Morgan fingerprint density at radius 3 is 2.48 bits per heavy atom. The van der Waals surface area contributed by atoms with Gasteiger partial charge >= 0.3 is 6.18 Å². The summed E-state index contributed by atoms with van der Waals surface area (Å²) in [6.45, 7) is 0. The molecule has 0 aliphatic heterocycles. The van der Waals surface area contributed by atoms with Gasteiger partial charge in [0.2, 0.25) is 0 Å². The van der Waals surface area contributed by atoms with Crippen LogP contribution in [0.25, 0.3) is 0 Å². The van der Waals surface area contributed by atoms with Crippen molar-refractivity contribution in [2.75, 3.05) is 5.75 Å². The van der Waals surface area contributed by atoms with Crippen molar-refractivity contribution in [3.05, 3.63) is 5.82 Å². The number of nitrogens with two attached hydrogens (primary N) is 1. The summed E-state index contributed by atoms with van der Waals surface area (Å²) in [5, 5.41) is 15.8. The van der Waals surface area contributed by atoms with E-state index in [1.54, 1.807) is 0 Å². The molecular weight excluding hydrogens is 303 g/mol. The van der Waals surface area contributed by atoms with E-state index in [9.17, 15) is 13.2 Å². The van der Waals surface area contributed by atoms with E-state index in [1.165, 1.54) is 0 Å². The monoisotopic (exact) mass is 319 g/mol. The normalized spacial score (nSPS) is 20.5. The number of rotatable bonds is 6. The third-order valence-corrected chi connectivity index (χ3v) is 4.73. The van der Waals surface area contributed by atoms with Crippen LogP contribution in [-0.4, -0.2) is 32.5 Å². The highest BCUT2D eigenvalue weighted by Gasteiger charge is 2.43. The fraction of sp³-hybridized carbons (Fsp3) is 0.750. The summed E-state index contributed by atoms with van der Waals surface area (Å²) in [7, 11) is 0. The van der Waals surface area contributed by atoms with Crippen LogP contribution in [0.4, 0.5) is 13.2 Å². The molecule has 2 aliphatic rings. The second-order valence-electron chi connectivity index (χ2n) is 5.58. The van der Waals surface area contributed by atoms with Crippen molar-refractivity contribution in [1.82, 2.24) is 14.8 Å². The Kier molecular flexibility index (Phi) is 3.62. The highest BCUT2D eigenvalue weighted by Crippen LogP contribution is 2.46. The van der Waals surface area contributed by atoms with E-state index in [4.69, 9.17) is 11.1 Å². The molecule has 0 spiro atoms. The van der Waals surface area contributed by atoms with Gasteiger partial charge in [-0.2, -0.15) is 13.2 Å². The predicted octanol–water partition coefficient (Wildman–Crippen LogP) is 2.70. The number of amidine groups is 1. The van der Waals surface area contributed by atoms with Crippen molar-refractivity contribution >= 4 is 17.6 Å². The Morgan fingerprint density at radius 1 is 1.33 bits per heavy atom. The van der Waals surface area contributed by atoms with Crippen LogP contribution in [-0.2, 0) is 0 Å². The maximum Gasteiger partial charge on any atom is 0.399 e. The topological polar surface area (TPSA) is 80.6 Å². The second kappa shape index (κ2) is 5.19. The SMILES string of the molecule is N=C(N)C(CSc1nnc(C2CC2)n1C1CC1)C(F)(F)F. The molecule has 5 nitrogen and oxygen atoms in total. The summed E-state index contributed by atoms with van der Waals surface area (Å²) in [5.74, 6) is -1.79. The predicted molar refractivity (Wildman–Crippen MR) is 72.5 cm³/mol. The van der Waals surface area contributed by atoms with Crippen LogP contribution in [0, 0.1) is 11.3 Å². The van der Waals surface area contributed by atoms with Crippen molar-refractivity contribution in [2.45, 2.75) is 49.0 Å². The van der Waals surface area contributed by atoms with E-state index in [2.05, 4.69) is 10.2 Å². The first-order valence-corrected chi connectivity index (χ1v) is 7.84. The minimum absolute atomic E-state index is 0.325. The van der Waals surface area contributed by atoms with Crippen LogP contribution >= 0.6 is 11.8 Å². The fourth-order valence-electron chi connectivity index (χ4n) is 2.20. The zero-order valence-corrected chi connectivity index (χ0v) is 12.0. The second-order valence-corrected chi connectivity index (χ2v) is 6.56. The lowest BCUT2D eigenvalue weighted by Crippen LogP contribution is -2.37. The Bertz CT molecular complexity index is 548. The van der Waals surface area contributed by atoms with Gasteiger partial charge in [-0.3, -0.25) is 5.41 Å². The first kappa shape index (κ1) is 14.7. The standard InChI is InChI=1S/C12H16F3N5S/c13-12(14,15)8(9(16)17)5-21-11-19-18-10(6-1-2-6)20(11)7-3-4-7/h6-8H,1-5H2,(H3,16,17). The molecule has 3 N–H and O–H groups in total. The summed E-state index contributed by atoms with van der Waals surface area (Å²) >= 11 is 0.993. The highest BCUT2D eigenvalue weighted by atomic mass is 32.2. The Morgan fingerprint density at radius 2 is 2.00 bits per heavy atom. The highest BCUT2D eigenvalue weighted by molar-refractivity contribution is 7.99. The van der Waals surface area contributed by atoms with Crippen molar-refractivity contribution in [3.63, 3.8) is 0 Å². The number of nitrogens with one attached hydrogen (secondary N) is 1. The molecule has 0 bridgehead atoms. The van der Waals surface area contributed by atoms with E-state index in [0.717, 1.165) is 43.3 Å². The van der Waals surface area contributed by atoms with Gasteiger partial charge in [-0.05, 0) is 25.7 Å². The fourth-order valence-corrected chi connectivity index (χ4v) is 3.37. The molecule has 116 valence electrons. The van der Waals surface area contributed by atoms with Crippen molar-refractivity contribution in [1.29, 1.82) is 5.41 Å². The van der Waals surface area contributed by atoms with Gasteiger partial charge in [-0.15, -0.1) is 10.2 Å². The minimum atomic E-state index is -4.50. The lowest BCUT2D eigenvalue weighted by molar-refractivity contribution is -0.150. The van der Waals surface area contributed by atoms with Gasteiger partial charge in [0.1, 0.15) is 17.6 Å². The van der Waals surface area contributed by atoms with Gasteiger partial charge in [0, 0.05) is 17.7 Å². The lowest BCUT2D eigenvalue weighted by atomic mass is 10.1. The molecule has 1 aromatic heterocycles. The van der Waals surface area contributed by atoms with Crippen LogP contribution in [0.5, 0.6) is 0 Å². The van der Waals surface area contributed by atoms with Gasteiger partial charge in [0.25, 0.3) is 0 Å². The third-order valence-electron chi connectivity index (χ3n) is 3.70. The summed E-state index contributed by atoms with van der Waals surface area (Å²) in [4.78, 5) is 0.